The van der Waals surface area contributed by atoms with Crippen LogP contribution in [-0.4, -0.2) is 37.9 Å². The molecular formula is C15H30N2O3S. The second-order valence-electron chi connectivity index (χ2n) is 6.60. The number of hydrogen-bond donors (Lipinski definition) is 2. The van der Waals surface area contributed by atoms with Gasteiger partial charge in [-0.25, -0.2) is 8.42 Å². The molecule has 2 unspecified atom stereocenters. The van der Waals surface area contributed by atoms with Gasteiger partial charge in [-0.15, -0.1) is 0 Å². The van der Waals surface area contributed by atoms with Crippen molar-refractivity contribution in [3.8, 4) is 0 Å². The summed E-state index contributed by atoms with van der Waals surface area (Å²) in [7, 11) is -3.42. The Kier molecular flexibility index (Phi) is 7.13. The highest BCUT2D eigenvalue weighted by atomic mass is 32.2. The molecule has 1 saturated carbocycles. The Balaban J connectivity index is 2.81. The van der Waals surface area contributed by atoms with Crippen molar-refractivity contribution < 1.29 is 13.2 Å². The van der Waals surface area contributed by atoms with Crippen LogP contribution in [0.15, 0.2) is 0 Å². The minimum Gasteiger partial charge on any atom is -0.355 e. The molecule has 1 fully saturated rings. The normalized spacial score (nSPS) is 20.2. The zero-order valence-corrected chi connectivity index (χ0v) is 14.3. The van der Waals surface area contributed by atoms with Crippen LogP contribution in [-0.2, 0) is 14.6 Å². The van der Waals surface area contributed by atoms with Gasteiger partial charge in [0.1, 0.15) is 5.25 Å². The Morgan fingerprint density at radius 3 is 2.24 bits per heavy atom. The van der Waals surface area contributed by atoms with Crippen LogP contribution in [0.2, 0.25) is 0 Å². The molecular weight excluding hydrogens is 288 g/mol. The second kappa shape index (κ2) is 8.13. The van der Waals surface area contributed by atoms with E-state index in [-0.39, 0.29) is 23.0 Å². The van der Waals surface area contributed by atoms with Crippen molar-refractivity contribution in [3.05, 3.63) is 0 Å². The Morgan fingerprint density at radius 2 is 1.76 bits per heavy atom. The lowest BCUT2D eigenvalue weighted by Gasteiger charge is -2.28. The van der Waals surface area contributed by atoms with E-state index in [1.54, 1.807) is 13.8 Å². The Morgan fingerprint density at radius 1 is 1.19 bits per heavy atom. The SMILES string of the molecule is CC(CN)CNC(=O)C(C(C)C)S(=O)(=O)C1CCCCC1. The Hall–Kier alpha value is -0.620. The van der Waals surface area contributed by atoms with Gasteiger partial charge in [-0.2, -0.15) is 0 Å². The summed E-state index contributed by atoms with van der Waals surface area (Å²) in [6, 6.07) is 0. The highest BCUT2D eigenvalue weighted by Crippen LogP contribution is 2.29. The number of nitrogens with two attached hydrogens (primary N) is 1. The number of carbonyl (C=O) groups is 1. The molecule has 0 heterocycles. The van der Waals surface area contributed by atoms with Crippen molar-refractivity contribution >= 4 is 15.7 Å². The van der Waals surface area contributed by atoms with Crippen LogP contribution in [0.3, 0.4) is 0 Å². The summed E-state index contributed by atoms with van der Waals surface area (Å²) in [5, 5.41) is 1.47. The van der Waals surface area contributed by atoms with E-state index in [1.165, 1.54) is 0 Å². The molecule has 0 aliphatic heterocycles. The minimum absolute atomic E-state index is 0.152. The highest BCUT2D eigenvalue weighted by Gasteiger charge is 2.40. The summed E-state index contributed by atoms with van der Waals surface area (Å²) >= 11 is 0. The first-order valence-electron chi connectivity index (χ1n) is 8.01. The Labute approximate surface area is 129 Å². The van der Waals surface area contributed by atoms with Crippen LogP contribution >= 0.6 is 0 Å². The third-order valence-electron chi connectivity index (χ3n) is 4.26. The largest absolute Gasteiger partial charge is 0.355 e. The Bertz CT molecular complexity index is 428. The number of rotatable bonds is 7. The lowest BCUT2D eigenvalue weighted by Crippen LogP contribution is -2.48. The van der Waals surface area contributed by atoms with Gasteiger partial charge in [-0.3, -0.25) is 4.79 Å². The summed E-state index contributed by atoms with van der Waals surface area (Å²) in [6.07, 6.45) is 4.37. The predicted molar refractivity (Wildman–Crippen MR) is 85.6 cm³/mol. The highest BCUT2D eigenvalue weighted by molar-refractivity contribution is 7.93. The maximum absolute atomic E-state index is 12.8. The van der Waals surface area contributed by atoms with Crippen molar-refractivity contribution in [2.24, 2.45) is 17.6 Å². The fourth-order valence-corrected chi connectivity index (χ4v) is 5.44. The average molecular weight is 318 g/mol. The van der Waals surface area contributed by atoms with Crippen molar-refractivity contribution in [2.45, 2.75) is 63.4 Å². The molecule has 0 spiro atoms. The smallest absolute Gasteiger partial charge is 0.238 e. The van der Waals surface area contributed by atoms with Crippen molar-refractivity contribution in [1.29, 1.82) is 0 Å². The maximum Gasteiger partial charge on any atom is 0.238 e. The average Bonchev–Trinajstić information content (AvgIpc) is 2.45. The van der Waals surface area contributed by atoms with E-state index in [2.05, 4.69) is 5.32 Å². The molecule has 21 heavy (non-hydrogen) atoms. The van der Waals surface area contributed by atoms with E-state index in [0.717, 1.165) is 19.3 Å². The molecule has 2 atom stereocenters. The van der Waals surface area contributed by atoms with Crippen LogP contribution in [0, 0.1) is 11.8 Å². The number of nitrogens with one attached hydrogen (secondary N) is 1. The molecule has 0 radical (unpaired) electrons. The standard InChI is InChI=1S/C15H30N2O3S/c1-11(2)14(15(18)17-10-12(3)9-16)21(19,20)13-7-5-4-6-8-13/h11-14H,4-10,16H2,1-3H3,(H,17,18). The van der Waals surface area contributed by atoms with Crippen LogP contribution in [0.1, 0.15) is 52.9 Å². The first-order chi connectivity index (χ1) is 9.80. The lowest BCUT2D eigenvalue weighted by molar-refractivity contribution is -0.121. The number of carbonyl (C=O) groups excluding carboxylic acids is 1. The number of amides is 1. The van der Waals surface area contributed by atoms with Crippen molar-refractivity contribution in [3.63, 3.8) is 0 Å². The van der Waals surface area contributed by atoms with E-state index >= 15 is 0 Å². The molecule has 6 heteroatoms. The molecule has 0 aromatic carbocycles. The van der Waals surface area contributed by atoms with Crippen LogP contribution in [0.5, 0.6) is 0 Å². The van der Waals surface area contributed by atoms with Crippen molar-refractivity contribution in [2.75, 3.05) is 13.1 Å². The van der Waals surface area contributed by atoms with Crippen LogP contribution in [0.4, 0.5) is 0 Å². The van der Waals surface area contributed by atoms with E-state index in [0.29, 0.717) is 25.9 Å². The van der Waals surface area contributed by atoms with Gasteiger partial charge in [-0.05, 0) is 31.2 Å². The molecule has 1 aliphatic carbocycles. The molecule has 0 saturated heterocycles. The third kappa shape index (κ3) is 4.95. The molecule has 0 bridgehead atoms. The summed E-state index contributed by atoms with van der Waals surface area (Å²) in [5.74, 6) is -0.430. The fraction of sp³-hybridized carbons (Fsp3) is 0.933. The van der Waals surface area contributed by atoms with Crippen LogP contribution in [0.25, 0.3) is 0 Å². The van der Waals surface area contributed by atoms with Gasteiger partial charge in [0, 0.05) is 6.54 Å². The molecule has 0 aromatic rings. The summed E-state index contributed by atoms with van der Waals surface area (Å²) in [6.45, 7) is 6.44. The first-order valence-corrected chi connectivity index (χ1v) is 9.62. The van der Waals surface area contributed by atoms with E-state index in [9.17, 15) is 13.2 Å². The van der Waals surface area contributed by atoms with E-state index in [4.69, 9.17) is 5.73 Å². The monoisotopic (exact) mass is 318 g/mol. The lowest BCUT2D eigenvalue weighted by atomic mass is 10.0. The second-order valence-corrected chi connectivity index (χ2v) is 8.95. The molecule has 0 aromatic heterocycles. The quantitative estimate of drug-likeness (QED) is 0.744. The summed E-state index contributed by atoms with van der Waals surface area (Å²) in [5.41, 5.74) is 5.53. The van der Waals surface area contributed by atoms with Gasteiger partial charge in [-0.1, -0.05) is 40.0 Å². The molecule has 1 aliphatic rings. The molecule has 5 nitrogen and oxygen atoms in total. The molecule has 1 rings (SSSR count). The fourth-order valence-electron chi connectivity index (χ4n) is 2.89. The molecule has 124 valence electrons. The third-order valence-corrected chi connectivity index (χ3v) is 7.13. The summed E-state index contributed by atoms with van der Waals surface area (Å²) < 4.78 is 25.6. The van der Waals surface area contributed by atoms with Crippen LogP contribution < -0.4 is 11.1 Å². The maximum atomic E-state index is 12.8. The van der Waals surface area contributed by atoms with Gasteiger partial charge in [0.25, 0.3) is 0 Å². The van der Waals surface area contributed by atoms with Gasteiger partial charge in [0.2, 0.25) is 5.91 Å². The topological polar surface area (TPSA) is 89.3 Å². The summed E-state index contributed by atoms with van der Waals surface area (Å²) in [4.78, 5) is 12.4. The zero-order valence-electron chi connectivity index (χ0n) is 13.5. The molecule has 3 N–H and O–H groups in total. The minimum atomic E-state index is -3.42. The van der Waals surface area contributed by atoms with Gasteiger partial charge in [0.15, 0.2) is 9.84 Å². The van der Waals surface area contributed by atoms with Crippen molar-refractivity contribution in [1.82, 2.24) is 5.32 Å². The van der Waals surface area contributed by atoms with E-state index in [1.807, 2.05) is 6.92 Å². The van der Waals surface area contributed by atoms with Gasteiger partial charge >= 0.3 is 0 Å². The zero-order chi connectivity index (χ0) is 16.0. The predicted octanol–water partition coefficient (Wildman–Crippen LogP) is 1.47. The first kappa shape index (κ1) is 18.4. The number of sulfone groups is 1. The van der Waals surface area contributed by atoms with E-state index < -0.39 is 15.1 Å². The number of hydrogen-bond acceptors (Lipinski definition) is 4. The van der Waals surface area contributed by atoms with Gasteiger partial charge in [0.05, 0.1) is 5.25 Å². The molecule has 1 amide bonds. The van der Waals surface area contributed by atoms with Gasteiger partial charge < -0.3 is 11.1 Å².